The second-order valence-electron chi connectivity index (χ2n) is 11.4. The van der Waals surface area contributed by atoms with Gasteiger partial charge >= 0.3 is 0 Å². The third-order valence-electron chi connectivity index (χ3n) is 7.58. The summed E-state index contributed by atoms with van der Waals surface area (Å²) in [6.07, 6.45) is 1.79. The topological polar surface area (TPSA) is 168 Å². The monoisotopic (exact) mass is 711 g/mol. The van der Waals surface area contributed by atoms with Gasteiger partial charge in [-0.25, -0.2) is 4.98 Å². The standard InChI is InChI=1S/C33H40N6O8S2/c1-23(2)25-12-15-29(34-22-25)49(42,43)37-31-30(47-28-9-6-5-8-27(28)44-4)32(36-33(35-31)38-17-20-45-21-18-38)46-19-7-16-39(48(40)41)26-13-10-24(3)11-14-26/h5-6,8-15,22-23H,7,16-21H2,1-4H3,(H,40,41)(H,35,36,37)/p-1. The molecule has 0 spiro atoms. The summed E-state index contributed by atoms with van der Waals surface area (Å²) >= 11 is -2.53. The normalized spacial score (nSPS) is 14.0. The van der Waals surface area contributed by atoms with Crippen LogP contribution in [0.3, 0.4) is 0 Å². The highest BCUT2D eigenvalue weighted by molar-refractivity contribution is 7.92. The molecule has 0 saturated carbocycles. The largest absolute Gasteiger partial charge is 0.755 e. The Morgan fingerprint density at radius 1 is 1.04 bits per heavy atom. The van der Waals surface area contributed by atoms with Crippen LogP contribution in [0.25, 0.3) is 0 Å². The van der Waals surface area contributed by atoms with Gasteiger partial charge in [0.1, 0.15) is 0 Å². The van der Waals surface area contributed by atoms with E-state index in [1.807, 2.05) is 37.8 Å². The number of hydrogen-bond donors (Lipinski definition) is 1. The molecule has 1 fully saturated rings. The van der Waals surface area contributed by atoms with Gasteiger partial charge in [-0.05, 0) is 48.7 Å². The first-order chi connectivity index (χ1) is 23.6. The Morgan fingerprint density at radius 2 is 1.76 bits per heavy atom. The summed E-state index contributed by atoms with van der Waals surface area (Å²) in [6.45, 7) is 7.77. The maximum atomic E-state index is 13.7. The van der Waals surface area contributed by atoms with Crippen LogP contribution in [0, 0.1) is 6.92 Å². The van der Waals surface area contributed by atoms with Gasteiger partial charge in [-0.15, -0.1) is 0 Å². The van der Waals surface area contributed by atoms with Crippen molar-refractivity contribution in [3.8, 4) is 23.1 Å². The SMILES string of the molecule is COc1ccccc1Oc1c(NS(=O)(=O)c2ccc(C(C)C)cn2)nc(N2CCOCC2)nc1OCCCN(c1ccc(C)cc1)S(=O)[O-]. The number of ether oxygens (including phenoxy) is 4. The minimum absolute atomic E-state index is 0.00577. The summed E-state index contributed by atoms with van der Waals surface area (Å²) in [5, 5.41) is -0.212. The molecule has 1 aliphatic rings. The van der Waals surface area contributed by atoms with Crippen molar-refractivity contribution in [3.63, 3.8) is 0 Å². The van der Waals surface area contributed by atoms with E-state index < -0.39 is 21.3 Å². The van der Waals surface area contributed by atoms with Gasteiger partial charge in [0.05, 0.1) is 26.9 Å². The Morgan fingerprint density at radius 3 is 2.39 bits per heavy atom. The summed E-state index contributed by atoms with van der Waals surface area (Å²) in [5.74, 6) is 0.609. The summed E-state index contributed by atoms with van der Waals surface area (Å²) in [4.78, 5) is 15.3. The van der Waals surface area contributed by atoms with Crippen LogP contribution in [0.4, 0.5) is 17.5 Å². The lowest BCUT2D eigenvalue weighted by Crippen LogP contribution is -2.37. The molecule has 1 aliphatic heterocycles. The number of hydrogen-bond acceptors (Lipinski definition) is 12. The quantitative estimate of drug-likeness (QED) is 0.132. The fraction of sp³-hybridized carbons (Fsp3) is 0.364. The second kappa shape index (κ2) is 16.3. The number of methoxy groups -OCH3 is 1. The number of rotatable bonds is 15. The summed E-state index contributed by atoms with van der Waals surface area (Å²) < 4.78 is 78.7. The van der Waals surface area contributed by atoms with Crippen molar-refractivity contribution in [1.82, 2.24) is 15.0 Å². The molecule has 3 heterocycles. The van der Waals surface area contributed by atoms with Crippen molar-refractivity contribution in [2.24, 2.45) is 0 Å². The number of sulfonamides is 1. The third kappa shape index (κ3) is 9.14. The Bertz CT molecular complexity index is 1840. The summed E-state index contributed by atoms with van der Waals surface area (Å²) in [5.41, 5.74) is 2.40. The molecule has 0 amide bonds. The fourth-order valence-corrected chi connectivity index (χ4v) is 6.35. The molecule has 0 aliphatic carbocycles. The van der Waals surface area contributed by atoms with E-state index in [2.05, 4.69) is 19.7 Å². The fourth-order valence-electron chi connectivity index (χ4n) is 4.84. The molecule has 1 saturated heterocycles. The Balaban J connectivity index is 1.51. The number of nitrogens with one attached hydrogen (secondary N) is 1. The predicted molar refractivity (Wildman–Crippen MR) is 185 cm³/mol. The van der Waals surface area contributed by atoms with Crippen molar-refractivity contribution < 1.29 is 36.1 Å². The van der Waals surface area contributed by atoms with Crippen LogP contribution in [0.5, 0.6) is 23.1 Å². The average molecular weight is 712 g/mol. The Kier molecular flexibility index (Phi) is 11.9. The van der Waals surface area contributed by atoms with E-state index in [1.165, 1.54) is 23.7 Å². The van der Waals surface area contributed by atoms with E-state index in [4.69, 9.17) is 18.9 Å². The highest BCUT2D eigenvalue weighted by atomic mass is 32.2. The van der Waals surface area contributed by atoms with Crippen molar-refractivity contribution in [1.29, 1.82) is 0 Å². The number of morpholine rings is 1. The van der Waals surface area contributed by atoms with Crippen LogP contribution in [0.15, 0.2) is 71.9 Å². The van der Waals surface area contributed by atoms with E-state index in [-0.39, 0.29) is 59.7 Å². The van der Waals surface area contributed by atoms with E-state index in [0.717, 1.165) is 11.1 Å². The molecule has 5 rings (SSSR count). The van der Waals surface area contributed by atoms with Crippen LogP contribution >= 0.6 is 0 Å². The molecule has 16 heteroatoms. The number of aryl methyl sites for hydroxylation is 1. The lowest BCUT2D eigenvalue weighted by Gasteiger charge is -2.28. The Hall–Kier alpha value is -4.51. The van der Waals surface area contributed by atoms with Gasteiger partial charge in [-0.3, -0.25) is 8.93 Å². The number of pyridine rings is 1. The van der Waals surface area contributed by atoms with Crippen molar-refractivity contribution in [2.75, 3.05) is 60.5 Å². The predicted octanol–water partition coefficient (Wildman–Crippen LogP) is 4.81. The van der Waals surface area contributed by atoms with Crippen molar-refractivity contribution in [3.05, 3.63) is 78.0 Å². The molecule has 0 radical (unpaired) electrons. The van der Waals surface area contributed by atoms with Crippen LogP contribution in [0.1, 0.15) is 37.3 Å². The third-order valence-corrected chi connectivity index (χ3v) is 9.58. The molecular formula is C33H39N6O8S2-. The Labute approximate surface area is 288 Å². The van der Waals surface area contributed by atoms with Gasteiger partial charge < -0.3 is 32.7 Å². The van der Waals surface area contributed by atoms with Crippen LogP contribution in [-0.4, -0.2) is 78.7 Å². The van der Waals surface area contributed by atoms with Crippen molar-refractivity contribution >= 4 is 38.7 Å². The van der Waals surface area contributed by atoms with E-state index in [1.54, 1.807) is 42.5 Å². The number of anilines is 3. The number of aromatic nitrogens is 3. The molecule has 14 nitrogen and oxygen atoms in total. The molecule has 0 bridgehead atoms. The van der Waals surface area contributed by atoms with Crippen molar-refractivity contribution in [2.45, 2.75) is 38.1 Å². The van der Waals surface area contributed by atoms with Gasteiger partial charge in [0.15, 0.2) is 22.3 Å². The van der Waals surface area contributed by atoms with Gasteiger partial charge in [0, 0.05) is 49.2 Å². The van der Waals surface area contributed by atoms with Gasteiger partial charge in [0.25, 0.3) is 15.9 Å². The van der Waals surface area contributed by atoms with Crippen LogP contribution < -0.4 is 28.1 Å². The molecule has 2 aromatic heterocycles. The van der Waals surface area contributed by atoms with Gasteiger partial charge in [-0.1, -0.05) is 49.7 Å². The summed E-state index contributed by atoms with van der Waals surface area (Å²) in [7, 11) is -2.79. The van der Waals surface area contributed by atoms with E-state index in [9.17, 15) is 17.2 Å². The zero-order valence-electron chi connectivity index (χ0n) is 27.7. The molecule has 262 valence electrons. The lowest BCUT2D eigenvalue weighted by molar-refractivity contribution is 0.122. The maximum Gasteiger partial charge on any atom is 0.280 e. The molecule has 1 atom stereocenters. The number of para-hydroxylation sites is 2. The molecule has 1 N–H and O–H groups in total. The molecule has 1 unspecified atom stereocenters. The molecule has 49 heavy (non-hydrogen) atoms. The van der Waals surface area contributed by atoms with Crippen LogP contribution in [0.2, 0.25) is 0 Å². The maximum absolute atomic E-state index is 13.7. The minimum atomic E-state index is -4.27. The van der Waals surface area contributed by atoms with E-state index >= 15 is 0 Å². The first-order valence-corrected chi connectivity index (χ1v) is 18.2. The average Bonchev–Trinajstić information content (AvgIpc) is 3.10. The highest BCUT2D eigenvalue weighted by Gasteiger charge is 2.28. The number of benzene rings is 2. The molecule has 2 aromatic carbocycles. The van der Waals surface area contributed by atoms with Gasteiger partial charge in [0.2, 0.25) is 11.7 Å². The van der Waals surface area contributed by atoms with Gasteiger partial charge in [-0.2, -0.15) is 18.4 Å². The molecule has 4 aromatic rings. The lowest BCUT2D eigenvalue weighted by atomic mass is 10.1. The first-order valence-electron chi connectivity index (χ1n) is 15.7. The molecular weight excluding hydrogens is 673 g/mol. The zero-order valence-corrected chi connectivity index (χ0v) is 29.3. The summed E-state index contributed by atoms with van der Waals surface area (Å²) in [6, 6.07) is 17.1. The number of nitrogens with zero attached hydrogens (tertiary/aromatic N) is 5. The van der Waals surface area contributed by atoms with Crippen LogP contribution in [-0.2, 0) is 26.0 Å². The first kappa shape index (κ1) is 35.8. The second-order valence-corrected chi connectivity index (χ2v) is 13.9. The minimum Gasteiger partial charge on any atom is -0.755 e. The highest BCUT2D eigenvalue weighted by Crippen LogP contribution is 2.41. The van der Waals surface area contributed by atoms with E-state index in [0.29, 0.717) is 37.7 Å². The smallest absolute Gasteiger partial charge is 0.280 e. The zero-order chi connectivity index (χ0) is 35.0.